The van der Waals surface area contributed by atoms with Crippen molar-refractivity contribution in [3.05, 3.63) is 95.1 Å². The lowest BCUT2D eigenvalue weighted by atomic mass is 9.94. The van der Waals surface area contributed by atoms with Gasteiger partial charge >= 0.3 is 12.2 Å². The molecule has 0 radical (unpaired) electrons. The average molecular weight is 537 g/mol. The van der Waals surface area contributed by atoms with Crippen LogP contribution in [0.2, 0.25) is 0 Å². The fraction of sp³-hybridized carbons (Fsp3) is 0.400. The summed E-state index contributed by atoms with van der Waals surface area (Å²) in [5, 5.41) is 17.1. The number of alkyl carbamates (subject to hydrolysis) is 2. The number of aliphatic hydroxyl groups excluding tert-OH is 1. The summed E-state index contributed by atoms with van der Waals surface area (Å²) in [4.78, 5) is 25.3. The van der Waals surface area contributed by atoms with E-state index in [0.717, 1.165) is 22.3 Å². The second-order valence-corrected chi connectivity index (χ2v) is 9.68. The van der Waals surface area contributed by atoms with Crippen LogP contribution in [0.5, 0.6) is 0 Å². The van der Waals surface area contributed by atoms with Gasteiger partial charge in [0.25, 0.3) is 0 Å². The molecule has 39 heavy (non-hydrogen) atoms. The van der Waals surface area contributed by atoms with Gasteiger partial charge in [0.1, 0.15) is 13.2 Å². The molecule has 0 spiro atoms. The number of ether oxygens (including phenoxy) is 4. The predicted molar refractivity (Wildman–Crippen MR) is 145 cm³/mol. The average Bonchev–Trinajstić information content (AvgIpc) is 3.66. The molecule has 0 bridgehead atoms. The Kier molecular flexibility index (Phi) is 10.9. The van der Waals surface area contributed by atoms with E-state index < -0.39 is 30.4 Å². The molecule has 0 saturated heterocycles. The van der Waals surface area contributed by atoms with Crippen LogP contribution in [-0.4, -0.2) is 75.1 Å². The van der Waals surface area contributed by atoms with Gasteiger partial charge in [-0.3, -0.25) is 0 Å². The summed E-state index contributed by atoms with van der Waals surface area (Å²) in [6, 6.07) is 18.2. The molecular formula is C30H36N2O7. The Labute approximate surface area is 228 Å². The lowest BCUT2D eigenvalue weighted by Crippen LogP contribution is -2.49. The van der Waals surface area contributed by atoms with Crippen molar-refractivity contribution in [1.82, 2.24) is 10.6 Å². The van der Waals surface area contributed by atoms with Gasteiger partial charge in [-0.05, 0) is 41.5 Å². The zero-order valence-electron chi connectivity index (χ0n) is 21.9. The van der Waals surface area contributed by atoms with Crippen molar-refractivity contribution in [2.75, 3.05) is 39.6 Å². The molecular weight excluding hydrogens is 500 g/mol. The molecule has 0 aliphatic carbocycles. The third-order valence-corrected chi connectivity index (χ3v) is 6.57. The number of rotatable bonds is 13. The molecule has 2 heterocycles. The van der Waals surface area contributed by atoms with E-state index in [-0.39, 0.29) is 19.6 Å². The summed E-state index contributed by atoms with van der Waals surface area (Å²) in [5.74, 6) is 0. The van der Waals surface area contributed by atoms with E-state index in [2.05, 4.69) is 10.6 Å². The second kappa shape index (κ2) is 15.1. The van der Waals surface area contributed by atoms with E-state index in [4.69, 9.17) is 18.9 Å². The molecule has 4 rings (SSSR count). The molecule has 2 aliphatic rings. The first-order valence-electron chi connectivity index (χ1n) is 13.2. The first kappa shape index (κ1) is 28.4. The minimum atomic E-state index is -0.980. The number of aliphatic hydroxyl groups is 1. The zero-order valence-corrected chi connectivity index (χ0v) is 21.9. The van der Waals surface area contributed by atoms with Crippen molar-refractivity contribution < 1.29 is 33.6 Å². The van der Waals surface area contributed by atoms with Gasteiger partial charge in [-0.2, -0.15) is 0 Å². The van der Waals surface area contributed by atoms with E-state index in [0.29, 0.717) is 39.3 Å². The third-order valence-electron chi connectivity index (χ3n) is 6.57. The number of benzene rings is 2. The van der Waals surface area contributed by atoms with Gasteiger partial charge in [0.2, 0.25) is 0 Å². The zero-order chi connectivity index (χ0) is 27.3. The quantitative estimate of drug-likeness (QED) is 0.337. The van der Waals surface area contributed by atoms with Gasteiger partial charge in [0, 0.05) is 6.04 Å². The molecule has 2 amide bonds. The van der Waals surface area contributed by atoms with Crippen LogP contribution in [0.25, 0.3) is 0 Å². The van der Waals surface area contributed by atoms with Gasteiger partial charge in [-0.15, -0.1) is 0 Å². The van der Waals surface area contributed by atoms with Crippen LogP contribution in [-0.2, 0) is 31.8 Å². The normalized spacial score (nSPS) is 16.9. The van der Waals surface area contributed by atoms with Gasteiger partial charge in [0.05, 0.1) is 38.6 Å². The maximum atomic E-state index is 12.7. The van der Waals surface area contributed by atoms with Crippen molar-refractivity contribution in [3.8, 4) is 0 Å². The van der Waals surface area contributed by atoms with Crippen LogP contribution in [0.1, 0.15) is 17.5 Å². The Hall–Kier alpha value is -3.66. The minimum Gasteiger partial charge on any atom is -0.445 e. The fourth-order valence-corrected chi connectivity index (χ4v) is 4.47. The topological polar surface area (TPSA) is 115 Å². The van der Waals surface area contributed by atoms with E-state index in [1.165, 1.54) is 0 Å². The molecule has 2 aromatic rings. The SMILES string of the molecule is O=C(N[C@@H](Cc1ccccc1)C[C@H](O)[C@H](Cc1ccccc1)NC(=O)OCC1=CCOC1)OCC1=CCOC1. The Morgan fingerprint density at radius 2 is 1.28 bits per heavy atom. The van der Waals surface area contributed by atoms with E-state index in [1.807, 2.05) is 72.8 Å². The molecule has 2 aliphatic heterocycles. The lowest BCUT2D eigenvalue weighted by molar-refractivity contribution is 0.0903. The number of carbonyl (C=O) groups excluding carboxylic acids is 2. The molecule has 9 nitrogen and oxygen atoms in total. The highest BCUT2D eigenvalue weighted by Gasteiger charge is 2.27. The summed E-state index contributed by atoms with van der Waals surface area (Å²) in [5.41, 5.74) is 3.76. The standard InChI is InChI=1S/C30H36N2O7/c33-28(27(16-23-9-5-2-6-10-23)32-30(35)39-21-25-12-14-37-19-25)17-26(15-22-7-3-1-4-8-22)31-29(34)38-20-24-11-13-36-18-24/h1-12,26-28,33H,13-21H2,(H,31,34)(H,32,35)/t26-,27-,28-/m0/s1. The summed E-state index contributed by atoms with van der Waals surface area (Å²) >= 11 is 0. The van der Waals surface area contributed by atoms with Crippen molar-refractivity contribution in [3.63, 3.8) is 0 Å². The van der Waals surface area contributed by atoms with Crippen molar-refractivity contribution in [2.45, 2.75) is 37.5 Å². The molecule has 0 saturated carbocycles. The van der Waals surface area contributed by atoms with Crippen LogP contribution < -0.4 is 10.6 Å². The van der Waals surface area contributed by atoms with Crippen molar-refractivity contribution in [1.29, 1.82) is 0 Å². The van der Waals surface area contributed by atoms with Gasteiger partial charge < -0.3 is 34.7 Å². The van der Waals surface area contributed by atoms with Crippen molar-refractivity contribution >= 4 is 12.2 Å². The number of hydrogen-bond donors (Lipinski definition) is 3. The second-order valence-electron chi connectivity index (χ2n) is 9.68. The van der Waals surface area contributed by atoms with Crippen LogP contribution in [0.15, 0.2) is 84.0 Å². The summed E-state index contributed by atoms with van der Waals surface area (Å²) in [6.07, 6.45) is 2.66. The Bertz CT molecular complexity index is 1120. The first-order valence-corrected chi connectivity index (χ1v) is 13.2. The molecule has 0 unspecified atom stereocenters. The molecule has 3 N–H and O–H groups in total. The summed E-state index contributed by atoms with van der Waals surface area (Å²) in [7, 11) is 0. The van der Waals surface area contributed by atoms with Gasteiger partial charge in [-0.25, -0.2) is 9.59 Å². The largest absolute Gasteiger partial charge is 0.445 e. The Balaban J connectivity index is 1.41. The molecule has 3 atom stereocenters. The molecule has 208 valence electrons. The van der Waals surface area contributed by atoms with E-state index in [9.17, 15) is 14.7 Å². The highest BCUT2D eigenvalue weighted by molar-refractivity contribution is 5.68. The fourth-order valence-electron chi connectivity index (χ4n) is 4.47. The lowest BCUT2D eigenvalue weighted by Gasteiger charge is -2.28. The highest BCUT2D eigenvalue weighted by atomic mass is 16.6. The van der Waals surface area contributed by atoms with Crippen LogP contribution >= 0.6 is 0 Å². The maximum Gasteiger partial charge on any atom is 0.407 e. The Morgan fingerprint density at radius 1 is 0.769 bits per heavy atom. The number of carbonyl (C=O) groups is 2. The van der Waals surface area contributed by atoms with Crippen LogP contribution in [0.4, 0.5) is 9.59 Å². The number of amides is 2. The highest BCUT2D eigenvalue weighted by Crippen LogP contribution is 2.15. The molecule has 2 aromatic carbocycles. The number of hydrogen-bond acceptors (Lipinski definition) is 7. The van der Waals surface area contributed by atoms with Gasteiger partial charge in [-0.1, -0.05) is 72.8 Å². The van der Waals surface area contributed by atoms with Crippen molar-refractivity contribution in [2.24, 2.45) is 0 Å². The molecule has 9 heteroatoms. The first-order chi connectivity index (χ1) is 19.0. The van der Waals surface area contributed by atoms with Gasteiger partial charge in [0.15, 0.2) is 0 Å². The Morgan fingerprint density at radius 3 is 1.79 bits per heavy atom. The third kappa shape index (κ3) is 9.86. The van der Waals surface area contributed by atoms with Crippen LogP contribution in [0, 0.1) is 0 Å². The monoisotopic (exact) mass is 536 g/mol. The predicted octanol–water partition coefficient (Wildman–Crippen LogP) is 3.33. The smallest absolute Gasteiger partial charge is 0.407 e. The minimum absolute atomic E-state index is 0.130. The van der Waals surface area contributed by atoms with Crippen LogP contribution in [0.3, 0.4) is 0 Å². The molecule has 0 aromatic heterocycles. The summed E-state index contributed by atoms with van der Waals surface area (Å²) in [6.45, 7) is 2.21. The number of nitrogens with one attached hydrogen (secondary N) is 2. The van der Waals surface area contributed by atoms with E-state index >= 15 is 0 Å². The molecule has 0 fully saturated rings. The van der Waals surface area contributed by atoms with E-state index in [1.54, 1.807) is 0 Å². The maximum absolute atomic E-state index is 12.7. The summed E-state index contributed by atoms with van der Waals surface area (Å²) < 4.78 is 21.3.